The molecule has 0 radical (unpaired) electrons. The number of aromatic nitrogens is 3. The van der Waals surface area contributed by atoms with Crippen molar-refractivity contribution in [2.75, 3.05) is 25.5 Å². The standard InChI is InChI=1S/C18H18ClN5O/c1-18(8-20-9-18)11-3-4-15-13(5-11)16(23-10-22-15)24-12-6-14(19)17(25-2)21-7-12/h3-7,10,20H,8-9H2,1-2H3,(H,22,23,24). The molecule has 1 fully saturated rings. The second-order valence-electron chi connectivity index (χ2n) is 6.46. The predicted molar refractivity (Wildman–Crippen MR) is 98.8 cm³/mol. The molecule has 2 N–H and O–H groups in total. The Morgan fingerprint density at radius 1 is 1.20 bits per heavy atom. The molecule has 128 valence electrons. The average molecular weight is 356 g/mol. The third-order valence-electron chi connectivity index (χ3n) is 4.63. The Morgan fingerprint density at radius 3 is 2.72 bits per heavy atom. The van der Waals surface area contributed by atoms with Gasteiger partial charge in [0, 0.05) is 23.9 Å². The van der Waals surface area contributed by atoms with Crippen LogP contribution in [-0.4, -0.2) is 35.2 Å². The highest BCUT2D eigenvalue weighted by Gasteiger charge is 2.33. The summed E-state index contributed by atoms with van der Waals surface area (Å²) in [5.41, 5.74) is 3.08. The highest BCUT2D eigenvalue weighted by molar-refractivity contribution is 6.32. The molecule has 0 spiro atoms. The molecular weight excluding hydrogens is 338 g/mol. The van der Waals surface area contributed by atoms with Gasteiger partial charge in [-0.05, 0) is 23.8 Å². The van der Waals surface area contributed by atoms with E-state index in [9.17, 15) is 0 Å². The van der Waals surface area contributed by atoms with E-state index < -0.39 is 0 Å². The molecule has 0 saturated carbocycles. The number of hydrogen-bond acceptors (Lipinski definition) is 6. The normalized spacial score (nSPS) is 15.6. The fourth-order valence-electron chi connectivity index (χ4n) is 3.02. The van der Waals surface area contributed by atoms with Gasteiger partial charge in [-0.1, -0.05) is 24.6 Å². The number of pyridine rings is 1. The SMILES string of the molecule is COc1ncc(Nc2ncnc3ccc(C4(C)CNC4)cc23)cc1Cl. The maximum atomic E-state index is 6.16. The lowest BCUT2D eigenvalue weighted by Gasteiger charge is -2.40. The van der Waals surface area contributed by atoms with E-state index in [0.29, 0.717) is 10.9 Å². The third-order valence-corrected chi connectivity index (χ3v) is 4.90. The second kappa shape index (κ2) is 6.13. The molecule has 0 aliphatic carbocycles. The number of nitrogens with zero attached hydrogens (tertiary/aromatic N) is 3. The molecule has 0 atom stereocenters. The highest BCUT2D eigenvalue weighted by atomic mass is 35.5. The zero-order chi connectivity index (χ0) is 17.4. The van der Waals surface area contributed by atoms with Crippen molar-refractivity contribution in [1.82, 2.24) is 20.3 Å². The molecule has 0 bridgehead atoms. The molecule has 3 aromatic rings. The molecule has 0 amide bonds. The first kappa shape index (κ1) is 16.1. The van der Waals surface area contributed by atoms with Crippen LogP contribution in [-0.2, 0) is 5.41 Å². The summed E-state index contributed by atoms with van der Waals surface area (Å²) in [5.74, 6) is 1.12. The maximum absolute atomic E-state index is 6.16. The Hall–Kier alpha value is -2.44. The van der Waals surface area contributed by atoms with E-state index in [0.717, 1.165) is 35.5 Å². The Balaban J connectivity index is 1.73. The van der Waals surface area contributed by atoms with Gasteiger partial charge in [-0.2, -0.15) is 0 Å². The lowest BCUT2D eigenvalue weighted by molar-refractivity contribution is 0.306. The number of anilines is 2. The summed E-state index contributed by atoms with van der Waals surface area (Å²) in [4.78, 5) is 13.0. The second-order valence-corrected chi connectivity index (χ2v) is 6.87. The number of benzene rings is 1. The average Bonchev–Trinajstić information content (AvgIpc) is 2.60. The number of halogens is 1. The molecule has 1 aliphatic heterocycles. The summed E-state index contributed by atoms with van der Waals surface area (Å²) in [6.45, 7) is 4.22. The minimum atomic E-state index is 0.159. The van der Waals surface area contributed by atoms with Gasteiger partial charge in [0.05, 0.1) is 24.5 Å². The van der Waals surface area contributed by atoms with Crippen molar-refractivity contribution in [3.63, 3.8) is 0 Å². The number of nitrogens with one attached hydrogen (secondary N) is 2. The molecule has 2 aromatic heterocycles. The fourth-order valence-corrected chi connectivity index (χ4v) is 3.26. The van der Waals surface area contributed by atoms with Crippen LogP contribution in [0.1, 0.15) is 12.5 Å². The number of hydrogen-bond donors (Lipinski definition) is 2. The number of rotatable bonds is 4. The molecule has 1 saturated heterocycles. The Kier molecular flexibility index (Phi) is 3.94. The molecule has 0 unspecified atom stereocenters. The first-order valence-electron chi connectivity index (χ1n) is 8.02. The number of fused-ring (bicyclic) bond motifs is 1. The van der Waals surface area contributed by atoms with E-state index in [1.165, 1.54) is 12.7 Å². The molecule has 7 heteroatoms. The first-order chi connectivity index (χ1) is 12.1. The minimum Gasteiger partial charge on any atom is -0.480 e. The smallest absolute Gasteiger partial charge is 0.232 e. The molecular formula is C18H18ClN5O. The molecule has 25 heavy (non-hydrogen) atoms. The number of methoxy groups -OCH3 is 1. The lowest BCUT2D eigenvalue weighted by Crippen LogP contribution is -2.54. The van der Waals surface area contributed by atoms with Crippen molar-refractivity contribution < 1.29 is 4.74 Å². The summed E-state index contributed by atoms with van der Waals surface area (Å²) >= 11 is 6.16. The van der Waals surface area contributed by atoms with Gasteiger partial charge in [-0.15, -0.1) is 0 Å². The van der Waals surface area contributed by atoms with Gasteiger partial charge in [0.2, 0.25) is 5.88 Å². The van der Waals surface area contributed by atoms with E-state index >= 15 is 0 Å². The zero-order valence-electron chi connectivity index (χ0n) is 14.0. The van der Waals surface area contributed by atoms with Gasteiger partial charge < -0.3 is 15.4 Å². The van der Waals surface area contributed by atoms with Crippen molar-refractivity contribution in [3.05, 3.63) is 47.4 Å². The van der Waals surface area contributed by atoms with Crippen LogP contribution in [0.3, 0.4) is 0 Å². The van der Waals surface area contributed by atoms with Gasteiger partial charge in [0.25, 0.3) is 0 Å². The predicted octanol–water partition coefficient (Wildman–Crippen LogP) is 3.29. The van der Waals surface area contributed by atoms with Crippen molar-refractivity contribution in [1.29, 1.82) is 0 Å². The van der Waals surface area contributed by atoms with E-state index in [1.807, 2.05) is 6.07 Å². The van der Waals surface area contributed by atoms with E-state index in [-0.39, 0.29) is 5.41 Å². The van der Waals surface area contributed by atoms with Crippen molar-refractivity contribution >= 4 is 34.0 Å². The van der Waals surface area contributed by atoms with Crippen molar-refractivity contribution in [2.24, 2.45) is 0 Å². The Morgan fingerprint density at radius 2 is 2.04 bits per heavy atom. The largest absolute Gasteiger partial charge is 0.480 e. The number of ether oxygens (including phenoxy) is 1. The summed E-state index contributed by atoms with van der Waals surface area (Å²) in [7, 11) is 1.54. The Labute approximate surface area is 150 Å². The van der Waals surface area contributed by atoms with Crippen LogP contribution in [0.2, 0.25) is 5.02 Å². The topological polar surface area (TPSA) is 72.0 Å². The molecule has 1 aliphatic rings. The van der Waals surface area contributed by atoms with Crippen LogP contribution in [0.15, 0.2) is 36.8 Å². The van der Waals surface area contributed by atoms with Crippen LogP contribution in [0.4, 0.5) is 11.5 Å². The summed E-state index contributed by atoms with van der Waals surface area (Å²) in [5, 5.41) is 8.04. The lowest BCUT2D eigenvalue weighted by atomic mass is 9.77. The van der Waals surface area contributed by atoms with Crippen LogP contribution >= 0.6 is 11.6 Å². The zero-order valence-corrected chi connectivity index (χ0v) is 14.8. The summed E-state index contributed by atoms with van der Waals surface area (Å²) in [6, 6.07) is 8.12. The fraction of sp³-hybridized carbons (Fsp3) is 0.278. The van der Waals surface area contributed by atoms with Crippen LogP contribution in [0, 0.1) is 0 Å². The van der Waals surface area contributed by atoms with E-state index in [2.05, 4.69) is 44.6 Å². The summed E-state index contributed by atoms with van der Waals surface area (Å²) in [6.07, 6.45) is 3.22. The third kappa shape index (κ3) is 2.88. The molecule has 6 nitrogen and oxygen atoms in total. The van der Waals surface area contributed by atoms with Crippen LogP contribution in [0.25, 0.3) is 10.9 Å². The van der Waals surface area contributed by atoms with Gasteiger partial charge in [-0.25, -0.2) is 15.0 Å². The van der Waals surface area contributed by atoms with Gasteiger partial charge >= 0.3 is 0 Å². The van der Waals surface area contributed by atoms with Crippen LogP contribution < -0.4 is 15.4 Å². The summed E-state index contributed by atoms with van der Waals surface area (Å²) < 4.78 is 5.09. The maximum Gasteiger partial charge on any atom is 0.232 e. The monoisotopic (exact) mass is 355 g/mol. The van der Waals surface area contributed by atoms with Crippen molar-refractivity contribution in [2.45, 2.75) is 12.3 Å². The van der Waals surface area contributed by atoms with Gasteiger partial charge in [0.15, 0.2) is 0 Å². The Bertz CT molecular complexity index is 942. The molecule has 1 aromatic carbocycles. The van der Waals surface area contributed by atoms with Gasteiger partial charge in [0.1, 0.15) is 17.2 Å². The first-order valence-corrected chi connectivity index (χ1v) is 8.39. The van der Waals surface area contributed by atoms with Crippen molar-refractivity contribution in [3.8, 4) is 5.88 Å². The minimum absolute atomic E-state index is 0.159. The van der Waals surface area contributed by atoms with Crippen LogP contribution in [0.5, 0.6) is 5.88 Å². The van der Waals surface area contributed by atoms with E-state index in [1.54, 1.807) is 18.6 Å². The molecule has 3 heterocycles. The molecule has 4 rings (SSSR count). The quantitative estimate of drug-likeness (QED) is 0.748. The highest BCUT2D eigenvalue weighted by Crippen LogP contribution is 2.33. The van der Waals surface area contributed by atoms with E-state index in [4.69, 9.17) is 16.3 Å². The van der Waals surface area contributed by atoms with Gasteiger partial charge in [-0.3, -0.25) is 0 Å².